The van der Waals surface area contributed by atoms with Gasteiger partial charge in [0, 0.05) is 12.0 Å². The number of nitrogens with two attached hydrogens (primary N) is 1. The summed E-state index contributed by atoms with van der Waals surface area (Å²) in [5, 5.41) is 6.75. The van der Waals surface area contributed by atoms with Crippen molar-refractivity contribution in [2.75, 3.05) is 11.9 Å². The van der Waals surface area contributed by atoms with Crippen molar-refractivity contribution in [1.82, 2.24) is 15.3 Å². The number of carbonyl (C=O) groups is 2. The minimum Gasteiger partial charge on any atom is -0.368 e. The number of anilines is 1. The first-order valence-corrected chi connectivity index (χ1v) is 9.16. The molecule has 1 aliphatic rings. The number of aromatic nitrogens is 2. The van der Waals surface area contributed by atoms with Gasteiger partial charge < -0.3 is 21.1 Å². The first-order valence-electron chi connectivity index (χ1n) is 9.16. The quantitative estimate of drug-likeness (QED) is 0.676. The molecule has 0 saturated carbocycles. The SMILES string of the molecule is CC(C)[C@H](Nc1nc(CNC(=O)C2CCCO2)nc2ccccc12)C(N)=O. The molecule has 0 bridgehead atoms. The monoisotopic (exact) mass is 371 g/mol. The maximum absolute atomic E-state index is 12.2. The number of primary amides is 1. The van der Waals surface area contributed by atoms with Crippen molar-refractivity contribution < 1.29 is 14.3 Å². The third-order valence-electron chi connectivity index (χ3n) is 4.56. The van der Waals surface area contributed by atoms with Crippen LogP contribution < -0.4 is 16.4 Å². The third kappa shape index (κ3) is 4.51. The van der Waals surface area contributed by atoms with Crippen molar-refractivity contribution in [2.45, 2.75) is 45.4 Å². The average Bonchev–Trinajstić information content (AvgIpc) is 3.18. The van der Waals surface area contributed by atoms with E-state index < -0.39 is 18.1 Å². The Morgan fingerprint density at radius 1 is 1.30 bits per heavy atom. The van der Waals surface area contributed by atoms with Crippen LogP contribution in [0.3, 0.4) is 0 Å². The molecule has 1 fully saturated rings. The van der Waals surface area contributed by atoms with Crippen LogP contribution in [0, 0.1) is 5.92 Å². The van der Waals surface area contributed by atoms with Crippen molar-refractivity contribution in [1.29, 1.82) is 0 Å². The molecule has 3 rings (SSSR count). The van der Waals surface area contributed by atoms with E-state index in [2.05, 4.69) is 20.6 Å². The molecule has 2 heterocycles. The van der Waals surface area contributed by atoms with E-state index in [1.54, 1.807) is 0 Å². The van der Waals surface area contributed by atoms with E-state index in [9.17, 15) is 9.59 Å². The van der Waals surface area contributed by atoms with Gasteiger partial charge in [-0.1, -0.05) is 26.0 Å². The summed E-state index contributed by atoms with van der Waals surface area (Å²) in [5.74, 6) is 0.379. The largest absolute Gasteiger partial charge is 0.368 e. The molecule has 2 atom stereocenters. The van der Waals surface area contributed by atoms with Crippen LogP contribution in [-0.4, -0.2) is 40.5 Å². The number of fused-ring (bicyclic) bond motifs is 1. The Bertz CT molecular complexity index is 833. The highest BCUT2D eigenvalue weighted by atomic mass is 16.5. The summed E-state index contributed by atoms with van der Waals surface area (Å²) < 4.78 is 5.39. The van der Waals surface area contributed by atoms with Gasteiger partial charge in [-0.15, -0.1) is 0 Å². The highest BCUT2D eigenvalue weighted by Crippen LogP contribution is 2.22. The lowest BCUT2D eigenvalue weighted by molar-refractivity contribution is -0.130. The minimum absolute atomic E-state index is 0.00102. The van der Waals surface area contributed by atoms with Crippen LogP contribution in [0.5, 0.6) is 0 Å². The zero-order chi connectivity index (χ0) is 19.4. The van der Waals surface area contributed by atoms with E-state index in [0.717, 1.165) is 23.7 Å². The van der Waals surface area contributed by atoms with Crippen LogP contribution in [0.4, 0.5) is 5.82 Å². The van der Waals surface area contributed by atoms with E-state index in [-0.39, 0.29) is 18.4 Å². The lowest BCUT2D eigenvalue weighted by Gasteiger charge is -2.21. The molecule has 2 amide bonds. The summed E-state index contributed by atoms with van der Waals surface area (Å²) >= 11 is 0. The topological polar surface area (TPSA) is 119 Å². The number of para-hydroxylation sites is 1. The van der Waals surface area contributed by atoms with Gasteiger partial charge in [0.15, 0.2) is 5.82 Å². The molecule has 8 nitrogen and oxygen atoms in total. The summed E-state index contributed by atoms with van der Waals surface area (Å²) in [6.45, 7) is 4.62. The van der Waals surface area contributed by atoms with E-state index in [1.165, 1.54) is 0 Å². The van der Waals surface area contributed by atoms with E-state index in [1.807, 2.05) is 38.1 Å². The van der Waals surface area contributed by atoms with Crippen LogP contribution in [-0.2, 0) is 20.9 Å². The minimum atomic E-state index is -0.558. The number of hydrogen-bond donors (Lipinski definition) is 3. The summed E-state index contributed by atoms with van der Waals surface area (Å²) in [5.41, 5.74) is 6.25. The third-order valence-corrected chi connectivity index (χ3v) is 4.56. The van der Waals surface area contributed by atoms with Gasteiger partial charge in [0.1, 0.15) is 18.0 Å². The van der Waals surface area contributed by atoms with E-state index in [0.29, 0.717) is 18.2 Å². The lowest BCUT2D eigenvalue weighted by Crippen LogP contribution is -2.40. The molecule has 1 aliphatic heterocycles. The molecule has 4 N–H and O–H groups in total. The second-order valence-electron chi connectivity index (χ2n) is 6.99. The maximum atomic E-state index is 12.2. The van der Waals surface area contributed by atoms with Gasteiger partial charge in [-0.2, -0.15) is 0 Å². The van der Waals surface area contributed by atoms with Crippen molar-refractivity contribution in [3.05, 3.63) is 30.1 Å². The number of nitrogens with one attached hydrogen (secondary N) is 2. The Morgan fingerprint density at radius 2 is 2.07 bits per heavy atom. The predicted octanol–water partition coefficient (Wildman–Crippen LogP) is 1.35. The number of amides is 2. The molecule has 27 heavy (non-hydrogen) atoms. The van der Waals surface area contributed by atoms with Gasteiger partial charge in [-0.3, -0.25) is 9.59 Å². The molecule has 0 spiro atoms. The molecule has 1 aromatic heterocycles. The maximum Gasteiger partial charge on any atom is 0.249 e. The van der Waals surface area contributed by atoms with Gasteiger partial charge >= 0.3 is 0 Å². The van der Waals surface area contributed by atoms with E-state index >= 15 is 0 Å². The molecule has 0 radical (unpaired) electrons. The van der Waals surface area contributed by atoms with Gasteiger partial charge in [0.2, 0.25) is 11.8 Å². The second kappa shape index (κ2) is 8.30. The number of carbonyl (C=O) groups excluding carboxylic acids is 2. The number of hydrogen-bond acceptors (Lipinski definition) is 6. The Balaban J connectivity index is 1.83. The van der Waals surface area contributed by atoms with Crippen molar-refractivity contribution in [3.63, 3.8) is 0 Å². The van der Waals surface area contributed by atoms with Crippen LogP contribution in [0.1, 0.15) is 32.5 Å². The Morgan fingerprint density at radius 3 is 2.74 bits per heavy atom. The lowest BCUT2D eigenvalue weighted by atomic mass is 10.0. The number of rotatable bonds is 7. The average molecular weight is 371 g/mol. The Labute approximate surface area is 157 Å². The summed E-state index contributed by atoms with van der Waals surface area (Å²) in [4.78, 5) is 33.0. The van der Waals surface area contributed by atoms with Crippen molar-refractivity contribution >= 4 is 28.5 Å². The fourth-order valence-corrected chi connectivity index (χ4v) is 3.09. The summed E-state index contributed by atoms with van der Waals surface area (Å²) in [7, 11) is 0. The van der Waals surface area contributed by atoms with Crippen molar-refractivity contribution in [3.8, 4) is 0 Å². The summed E-state index contributed by atoms with van der Waals surface area (Å²) in [6.07, 6.45) is 1.22. The zero-order valence-electron chi connectivity index (χ0n) is 15.6. The fraction of sp³-hybridized carbons (Fsp3) is 0.474. The van der Waals surface area contributed by atoms with Crippen LogP contribution in [0.2, 0.25) is 0 Å². The van der Waals surface area contributed by atoms with Gasteiger partial charge in [0.05, 0.1) is 12.1 Å². The first kappa shape index (κ1) is 19.0. The zero-order valence-corrected chi connectivity index (χ0v) is 15.6. The molecule has 8 heteroatoms. The van der Waals surface area contributed by atoms with Gasteiger partial charge in [0.25, 0.3) is 0 Å². The van der Waals surface area contributed by atoms with Gasteiger partial charge in [-0.25, -0.2) is 9.97 Å². The molecular weight excluding hydrogens is 346 g/mol. The highest BCUT2D eigenvalue weighted by molar-refractivity contribution is 5.92. The molecule has 144 valence electrons. The number of nitrogens with zero attached hydrogens (tertiary/aromatic N) is 2. The van der Waals surface area contributed by atoms with Crippen molar-refractivity contribution in [2.24, 2.45) is 11.7 Å². The summed E-state index contributed by atoms with van der Waals surface area (Å²) in [6, 6.07) is 6.94. The molecule has 2 aromatic rings. The van der Waals surface area contributed by atoms with Gasteiger partial charge in [-0.05, 0) is 30.9 Å². The normalized spacial score (nSPS) is 17.8. The molecule has 1 aromatic carbocycles. The standard InChI is InChI=1S/C19H25N5O3/c1-11(2)16(17(20)25)24-18-12-6-3-4-7-13(12)22-15(23-18)10-21-19(26)14-8-5-9-27-14/h3-4,6-7,11,14,16H,5,8-10H2,1-2H3,(H2,20,25)(H,21,26)(H,22,23,24)/t14?,16-/m0/s1. The molecule has 0 aliphatic carbocycles. The fourth-order valence-electron chi connectivity index (χ4n) is 3.09. The highest BCUT2D eigenvalue weighted by Gasteiger charge is 2.24. The Kier molecular flexibility index (Phi) is 5.85. The smallest absolute Gasteiger partial charge is 0.249 e. The predicted molar refractivity (Wildman–Crippen MR) is 102 cm³/mol. The van der Waals surface area contributed by atoms with E-state index in [4.69, 9.17) is 10.5 Å². The molecule has 1 unspecified atom stereocenters. The van der Waals surface area contributed by atoms with Crippen LogP contribution >= 0.6 is 0 Å². The number of benzene rings is 1. The van der Waals surface area contributed by atoms with Crippen LogP contribution in [0.15, 0.2) is 24.3 Å². The molecule has 1 saturated heterocycles. The Hall–Kier alpha value is -2.74. The molecular formula is C19H25N5O3. The first-order chi connectivity index (χ1) is 13.0. The number of ether oxygens (including phenoxy) is 1. The van der Waals surface area contributed by atoms with Crippen LogP contribution in [0.25, 0.3) is 10.9 Å². The second-order valence-corrected chi connectivity index (χ2v) is 6.99.